The highest BCUT2D eigenvalue weighted by Gasteiger charge is 2.31. The van der Waals surface area contributed by atoms with Crippen LogP contribution in [-0.2, 0) is 18.5 Å². The number of H-pyrrole nitrogens is 1. The van der Waals surface area contributed by atoms with Gasteiger partial charge < -0.3 is 10.3 Å². The Morgan fingerprint density at radius 2 is 1.82 bits per heavy atom. The summed E-state index contributed by atoms with van der Waals surface area (Å²) in [7, 11) is 0. The number of thioether (sulfide) groups is 1. The maximum Gasteiger partial charge on any atom is 0.417 e. The van der Waals surface area contributed by atoms with E-state index in [2.05, 4.69) is 25.5 Å². The fraction of sp³-hybridized carbons (Fsp3) is 0.130. The highest BCUT2D eigenvalue weighted by Crippen LogP contribution is 2.29. The SMILES string of the molecule is O=C(NCc1nnc2ccc(C(F)(F)F)cn12)c1ccc(CSc2nc3ccccc3[nH]2)cc1. The molecule has 5 aromatic rings. The van der Waals surface area contributed by atoms with Crippen LogP contribution in [-0.4, -0.2) is 30.5 Å². The van der Waals surface area contributed by atoms with Crippen molar-refractivity contribution in [3.05, 3.63) is 89.4 Å². The number of imidazole rings is 1. The number of para-hydroxylation sites is 2. The largest absolute Gasteiger partial charge is 0.417 e. The standard InChI is InChI=1S/C23H17F3N6OS/c24-23(25,26)16-9-10-19-30-31-20(32(19)12-16)11-27-21(33)15-7-5-14(6-8-15)13-34-22-28-17-3-1-2-4-18(17)29-22/h1-10,12H,11,13H2,(H,27,33)(H,28,29). The van der Waals surface area contributed by atoms with E-state index in [0.717, 1.165) is 34.0 Å². The molecule has 0 saturated heterocycles. The summed E-state index contributed by atoms with van der Waals surface area (Å²) in [5.74, 6) is 0.517. The number of benzene rings is 2. The highest BCUT2D eigenvalue weighted by atomic mass is 32.2. The number of alkyl halides is 3. The molecule has 1 amide bonds. The van der Waals surface area contributed by atoms with Gasteiger partial charge in [-0.15, -0.1) is 10.2 Å². The summed E-state index contributed by atoms with van der Waals surface area (Å²) in [5, 5.41) is 11.2. The van der Waals surface area contributed by atoms with Gasteiger partial charge in [0, 0.05) is 17.5 Å². The van der Waals surface area contributed by atoms with Gasteiger partial charge in [-0.05, 0) is 42.0 Å². The van der Waals surface area contributed by atoms with Gasteiger partial charge in [0.25, 0.3) is 5.91 Å². The van der Waals surface area contributed by atoms with Crippen LogP contribution in [0.5, 0.6) is 0 Å². The second-order valence-electron chi connectivity index (χ2n) is 7.49. The molecule has 5 rings (SSSR count). The van der Waals surface area contributed by atoms with E-state index in [1.807, 2.05) is 36.4 Å². The first-order valence-corrected chi connectivity index (χ1v) is 11.2. The monoisotopic (exact) mass is 482 g/mol. The zero-order valence-corrected chi connectivity index (χ0v) is 18.3. The lowest BCUT2D eigenvalue weighted by Crippen LogP contribution is -2.24. The van der Waals surface area contributed by atoms with Crippen LogP contribution in [0.25, 0.3) is 16.7 Å². The minimum absolute atomic E-state index is 0.0645. The highest BCUT2D eigenvalue weighted by molar-refractivity contribution is 7.98. The van der Waals surface area contributed by atoms with Gasteiger partial charge in [-0.2, -0.15) is 13.2 Å². The number of halogens is 3. The molecule has 0 unspecified atom stereocenters. The van der Waals surface area contributed by atoms with E-state index in [9.17, 15) is 18.0 Å². The third-order valence-electron chi connectivity index (χ3n) is 5.17. The molecule has 7 nitrogen and oxygen atoms in total. The number of nitrogens with one attached hydrogen (secondary N) is 2. The smallest absolute Gasteiger partial charge is 0.345 e. The maximum atomic E-state index is 13.0. The molecular weight excluding hydrogens is 465 g/mol. The molecule has 0 aliphatic heterocycles. The molecular formula is C23H17F3N6OS. The van der Waals surface area contributed by atoms with Crippen LogP contribution in [0.1, 0.15) is 27.3 Å². The van der Waals surface area contributed by atoms with Crippen LogP contribution in [0.15, 0.2) is 72.0 Å². The summed E-state index contributed by atoms with van der Waals surface area (Å²) in [5.41, 5.74) is 2.79. The molecule has 0 aliphatic rings. The summed E-state index contributed by atoms with van der Waals surface area (Å²) in [6.07, 6.45) is -3.56. The quantitative estimate of drug-likeness (QED) is 0.338. The molecule has 0 atom stereocenters. The molecule has 3 heterocycles. The number of nitrogens with zero attached hydrogens (tertiary/aromatic N) is 4. The molecule has 0 radical (unpaired) electrons. The zero-order chi connectivity index (χ0) is 23.7. The molecule has 2 aromatic carbocycles. The predicted octanol–water partition coefficient (Wildman–Crippen LogP) is 4.85. The number of amides is 1. The lowest BCUT2D eigenvalue weighted by molar-refractivity contribution is -0.137. The summed E-state index contributed by atoms with van der Waals surface area (Å²) in [6, 6.07) is 17.1. The summed E-state index contributed by atoms with van der Waals surface area (Å²) in [4.78, 5) is 20.3. The van der Waals surface area contributed by atoms with E-state index < -0.39 is 11.7 Å². The van der Waals surface area contributed by atoms with Gasteiger partial charge in [-0.1, -0.05) is 36.0 Å². The van der Waals surface area contributed by atoms with Crippen molar-refractivity contribution in [2.75, 3.05) is 0 Å². The molecule has 172 valence electrons. The minimum atomic E-state index is -4.48. The molecule has 0 fully saturated rings. The Kier molecular flexibility index (Phi) is 5.70. The van der Waals surface area contributed by atoms with Gasteiger partial charge in [-0.3, -0.25) is 9.20 Å². The number of pyridine rings is 1. The third kappa shape index (κ3) is 4.60. The average molecular weight is 482 g/mol. The lowest BCUT2D eigenvalue weighted by atomic mass is 10.1. The fourth-order valence-corrected chi connectivity index (χ4v) is 4.23. The first-order chi connectivity index (χ1) is 16.4. The normalized spacial score (nSPS) is 11.9. The topological polar surface area (TPSA) is 88.0 Å². The Morgan fingerprint density at radius 1 is 1.03 bits per heavy atom. The second kappa shape index (κ2) is 8.82. The van der Waals surface area contributed by atoms with E-state index in [0.29, 0.717) is 11.3 Å². The van der Waals surface area contributed by atoms with Crippen molar-refractivity contribution in [2.45, 2.75) is 23.6 Å². The van der Waals surface area contributed by atoms with E-state index in [-0.39, 0.29) is 23.9 Å². The van der Waals surface area contributed by atoms with Crippen LogP contribution < -0.4 is 5.32 Å². The van der Waals surface area contributed by atoms with Crippen LogP contribution in [0.4, 0.5) is 13.2 Å². The number of carbonyl (C=O) groups is 1. The first kappa shape index (κ1) is 22.0. The third-order valence-corrected chi connectivity index (χ3v) is 6.11. The van der Waals surface area contributed by atoms with Gasteiger partial charge in [0.1, 0.15) is 0 Å². The van der Waals surface area contributed by atoms with Gasteiger partial charge >= 0.3 is 6.18 Å². The van der Waals surface area contributed by atoms with Crippen molar-refractivity contribution in [1.82, 2.24) is 29.9 Å². The maximum absolute atomic E-state index is 13.0. The van der Waals surface area contributed by atoms with Crippen molar-refractivity contribution >= 4 is 34.3 Å². The van der Waals surface area contributed by atoms with Gasteiger partial charge in [-0.25, -0.2) is 4.98 Å². The van der Waals surface area contributed by atoms with Crippen molar-refractivity contribution in [2.24, 2.45) is 0 Å². The Labute approximate surface area is 195 Å². The van der Waals surface area contributed by atoms with E-state index >= 15 is 0 Å². The molecule has 11 heteroatoms. The second-order valence-corrected chi connectivity index (χ2v) is 8.45. The lowest BCUT2D eigenvalue weighted by Gasteiger charge is -2.08. The van der Waals surface area contributed by atoms with Gasteiger partial charge in [0.05, 0.1) is 23.1 Å². The Balaban J connectivity index is 1.21. The summed E-state index contributed by atoms with van der Waals surface area (Å²) >= 11 is 1.56. The number of rotatable bonds is 6. The van der Waals surface area contributed by atoms with Crippen molar-refractivity contribution in [3.63, 3.8) is 0 Å². The molecule has 0 aliphatic carbocycles. The molecule has 0 spiro atoms. The number of hydrogen-bond acceptors (Lipinski definition) is 5. The van der Waals surface area contributed by atoms with Crippen molar-refractivity contribution < 1.29 is 18.0 Å². The zero-order valence-electron chi connectivity index (χ0n) is 17.5. The summed E-state index contributed by atoms with van der Waals surface area (Å²) < 4.78 is 40.2. The van der Waals surface area contributed by atoms with E-state index in [4.69, 9.17) is 0 Å². The van der Waals surface area contributed by atoms with Crippen LogP contribution in [0.3, 0.4) is 0 Å². The van der Waals surface area contributed by atoms with Gasteiger partial charge in [0.2, 0.25) is 0 Å². The molecule has 2 N–H and O–H groups in total. The molecule has 3 aromatic heterocycles. The van der Waals surface area contributed by atoms with Crippen molar-refractivity contribution in [1.29, 1.82) is 0 Å². The predicted molar refractivity (Wildman–Crippen MR) is 121 cm³/mol. The van der Waals surface area contributed by atoms with Crippen LogP contribution in [0.2, 0.25) is 0 Å². The Morgan fingerprint density at radius 3 is 2.59 bits per heavy atom. The Hall–Kier alpha value is -3.86. The first-order valence-electron chi connectivity index (χ1n) is 10.2. The van der Waals surface area contributed by atoms with E-state index in [1.165, 1.54) is 10.5 Å². The Bertz CT molecular complexity index is 1440. The van der Waals surface area contributed by atoms with Crippen molar-refractivity contribution in [3.8, 4) is 0 Å². The van der Waals surface area contributed by atoms with Crippen LogP contribution >= 0.6 is 11.8 Å². The average Bonchev–Trinajstić information content (AvgIpc) is 3.44. The number of hydrogen-bond donors (Lipinski definition) is 2. The number of aromatic nitrogens is 5. The number of fused-ring (bicyclic) bond motifs is 2. The van der Waals surface area contributed by atoms with Crippen LogP contribution in [0, 0.1) is 0 Å². The number of aromatic amines is 1. The molecule has 34 heavy (non-hydrogen) atoms. The van der Waals surface area contributed by atoms with E-state index in [1.54, 1.807) is 23.9 Å². The molecule has 0 bridgehead atoms. The summed E-state index contributed by atoms with van der Waals surface area (Å²) in [6.45, 7) is -0.0645. The molecule has 0 saturated carbocycles. The minimum Gasteiger partial charge on any atom is -0.345 e. The van der Waals surface area contributed by atoms with Gasteiger partial charge in [0.15, 0.2) is 16.6 Å². The number of carbonyl (C=O) groups excluding carboxylic acids is 1. The fourth-order valence-electron chi connectivity index (χ4n) is 3.39.